The fourth-order valence-corrected chi connectivity index (χ4v) is 3.08. The molecule has 4 heteroatoms. The molecule has 0 aliphatic carbocycles. The third kappa shape index (κ3) is 2.94. The second kappa shape index (κ2) is 5.16. The fraction of sp³-hybridized carbons (Fsp3) is 0.800. The SMILES string of the molecule is CC=C(C)[C@@H]1NC[C@H]2CC[C@@H]1N2C(=O)OC(C)(C)C. The number of nitrogens with zero attached hydrogens (tertiary/aromatic N) is 1. The Kier molecular flexibility index (Phi) is 3.90. The predicted molar refractivity (Wildman–Crippen MR) is 76.1 cm³/mol. The van der Waals surface area contributed by atoms with Crippen molar-refractivity contribution in [2.24, 2.45) is 0 Å². The van der Waals surface area contributed by atoms with Gasteiger partial charge in [-0.15, -0.1) is 0 Å². The third-order valence-corrected chi connectivity index (χ3v) is 4.05. The smallest absolute Gasteiger partial charge is 0.410 e. The average Bonchev–Trinajstić information content (AvgIpc) is 2.61. The molecule has 0 spiro atoms. The summed E-state index contributed by atoms with van der Waals surface area (Å²) < 4.78 is 5.56. The third-order valence-electron chi connectivity index (χ3n) is 4.05. The number of allylic oxidation sites excluding steroid dienone is 1. The van der Waals surface area contributed by atoms with E-state index in [-0.39, 0.29) is 18.2 Å². The number of fused-ring (bicyclic) bond motifs is 2. The number of carbonyl (C=O) groups excluding carboxylic acids is 1. The molecule has 108 valence electrons. The molecule has 0 aromatic carbocycles. The lowest BCUT2D eigenvalue weighted by Gasteiger charge is -2.41. The highest BCUT2D eigenvalue weighted by molar-refractivity contribution is 5.70. The van der Waals surface area contributed by atoms with Gasteiger partial charge in [0, 0.05) is 18.6 Å². The maximum absolute atomic E-state index is 12.4. The topological polar surface area (TPSA) is 41.6 Å². The van der Waals surface area contributed by atoms with Gasteiger partial charge in [-0.1, -0.05) is 11.6 Å². The van der Waals surface area contributed by atoms with Crippen LogP contribution in [-0.2, 0) is 4.74 Å². The normalized spacial score (nSPS) is 31.5. The van der Waals surface area contributed by atoms with Crippen LogP contribution in [0.3, 0.4) is 0 Å². The van der Waals surface area contributed by atoms with E-state index in [9.17, 15) is 4.79 Å². The Morgan fingerprint density at radius 1 is 1.37 bits per heavy atom. The first kappa shape index (κ1) is 14.4. The summed E-state index contributed by atoms with van der Waals surface area (Å²) in [5.74, 6) is 0. The van der Waals surface area contributed by atoms with Crippen molar-refractivity contribution >= 4 is 6.09 Å². The monoisotopic (exact) mass is 266 g/mol. The van der Waals surface area contributed by atoms with Crippen LogP contribution < -0.4 is 5.32 Å². The Balaban J connectivity index is 2.15. The standard InChI is InChI=1S/C15H26N2O2/c1-6-10(2)13-12-8-7-11(9-16-13)17(12)14(18)19-15(3,4)5/h6,11-13,16H,7-9H2,1-5H3/t11-,12+,13+/m1/s1. The zero-order chi connectivity index (χ0) is 14.2. The predicted octanol–water partition coefficient (Wildman–Crippen LogP) is 2.69. The van der Waals surface area contributed by atoms with E-state index in [4.69, 9.17) is 4.74 Å². The molecule has 0 aromatic rings. The first-order valence-corrected chi connectivity index (χ1v) is 7.21. The highest BCUT2D eigenvalue weighted by Crippen LogP contribution is 2.33. The summed E-state index contributed by atoms with van der Waals surface area (Å²) in [6.07, 6.45) is 4.11. The van der Waals surface area contributed by atoms with Crippen LogP contribution in [0, 0.1) is 0 Å². The Morgan fingerprint density at radius 2 is 2.05 bits per heavy atom. The largest absolute Gasteiger partial charge is 0.444 e. The molecular formula is C15H26N2O2. The van der Waals surface area contributed by atoms with Crippen LogP contribution in [0.1, 0.15) is 47.5 Å². The zero-order valence-electron chi connectivity index (χ0n) is 12.7. The van der Waals surface area contributed by atoms with Gasteiger partial charge < -0.3 is 10.1 Å². The summed E-state index contributed by atoms with van der Waals surface area (Å²) in [4.78, 5) is 14.4. The molecule has 2 aliphatic rings. The van der Waals surface area contributed by atoms with Gasteiger partial charge in [-0.05, 0) is 47.5 Å². The van der Waals surface area contributed by atoms with E-state index in [0.29, 0.717) is 6.04 Å². The van der Waals surface area contributed by atoms with E-state index in [0.717, 1.165) is 19.4 Å². The van der Waals surface area contributed by atoms with E-state index in [1.54, 1.807) is 0 Å². The minimum Gasteiger partial charge on any atom is -0.444 e. The van der Waals surface area contributed by atoms with E-state index in [1.807, 2.05) is 25.7 Å². The van der Waals surface area contributed by atoms with E-state index in [1.165, 1.54) is 5.57 Å². The van der Waals surface area contributed by atoms with Crippen molar-refractivity contribution in [3.05, 3.63) is 11.6 Å². The molecule has 19 heavy (non-hydrogen) atoms. The number of carbonyl (C=O) groups is 1. The quantitative estimate of drug-likeness (QED) is 0.742. The van der Waals surface area contributed by atoms with Gasteiger partial charge in [0.15, 0.2) is 0 Å². The minimum atomic E-state index is -0.424. The summed E-state index contributed by atoms with van der Waals surface area (Å²) in [6, 6.07) is 0.807. The van der Waals surface area contributed by atoms with Crippen molar-refractivity contribution in [1.82, 2.24) is 10.2 Å². The molecule has 0 aromatic heterocycles. The van der Waals surface area contributed by atoms with Gasteiger partial charge in [0.2, 0.25) is 0 Å². The Morgan fingerprint density at radius 3 is 2.63 bits per heavy atom. The molecule has 1 N–H and O–H groups in total. The van der Waals surface area contributed by atoms with Crippen LogP contribution in [0.5, 0.6) is 0 Å². The van der Waals surface area contributed by atoms with E-state index in [2.05, 4.69) is 25.2 Å². The maximum Gasteiger partial charge on any atom is 0.410 e. The van der Waals surface area contributed by atoms with Crippen molar-refractivity contribution in [3.63, 3.8) is 0 Å². The number of hydrogen-bond donors (Lipinski definition) is 1. The number of nitrogens with one attached hydrogen (secondary N) is 1. The number of ether oxygens (including phenoxy) is 1. The lowest BCUT2D eigenvalue weighted by Crippen LogP contribution is -2.60. The van der Waals surface area contributed by atoms with Crippen LogP contribution in [-0.4, -0.2) is 41.3 Å². The molecule has 3 atom stereocenters. The lowest BCUT2D eigenvalue weighted by molar-refractivity contribution is 0.00623. The van der Waals surface area contributed by atoms with Crippen LogP contribution >= 0.6 is 0 Å². The summed E-state index contributed by atoms with van der Waals surface area (Å²) in [5, 5.41) is 3.56. The van der Waals surface area contributed by atoms with Crippen molar-refractivity contribution in [3.8, 4) is 0 Å². The van der Waals surface area contributed by atoms with Gasteiger partial charge in [-0.2, -0.15) is 0 Å². The Bertz CT molecular complexity index is 384. The van der Waals surface area contributed by atoms with Crippen LogP contribution in [0.15, 0.2) is 11.6 Å². The summed E-state index contributed by atoms with van der Waals surface area (Å²) in [7, 11) is 0. The Hall–Kier alpha value is -1.03. The summed E-state index contributed by atoms with van der Waals surface area (Å²) in [6.45, 7) is 10.8. The second-order valence-corrected chi connectivity index (χ2v) is 6.60. The molecule has 4 nitrogen and oxygen atoms in total. The molecule has 0 saturated carbocycles. The highest BCUT2D eigenvalue weighted by atomic mass is 16.6. The van der Waals surface area contributed by atoms with Crippen molar-refractivity contribution in [2.45, 2.75) is 71.2 Å². The minimum absolute atomic E-state index is 0.157. The van der Waals surface area contributed by atoms with Crippen LogP contribution in [0.25, 0.3) is 0 Å². The van der Waals surface area contributed by atoms with Gasteiger partial charge in [-0.25, -0.2) is 4.79 Å². The van der Waals surface area contributed by atoms with Crippen molar-refractivity contribution in [1.29, 1.82) is 0 Å². The van der Waals surface area contributed by atoms with Crippen LogP contribution in [0.2, 0.25) is 0 Å². The average molecular weight is 266 g/mol. The number of amides is 1. The van der Waals surface area contributed by atoms with E-state index >= 15 is 0 Å². The Labute approximate surface area is 116 Å². The fourth-order valence-electron chi connectivity index (χ4n) is 3.08. The second-order valence-electron chi connectivity index (χ2n) is 6.60. The number of rotatable bonds is 1. The molecular weight excluding hydrogens is 240 g/mol. The van der Waals surface area contributed by atoms with Crippen molar-refractivity contribution in [2.75, 3.05) is 6.54 Å². The molecule has 0 unspecified atom stereocenters. The first-order chi connectivity index (χ1) is 8.83. The van der Waals surface area contributed by atoms with Crippen molar-refractivity contribution < 1.29 is 9.53 Å². The molecule has 0 radical (unpaired) electrons. The molecule has 1 amide bonds. The van der Waals surface area contributed by atoms with Crippen LogP contribution in [0.4, 0.5) is 4.79 Å². The molecule has 2 aliphatic heterocycles. The van der Waals surface area contributed by atoms with Gasteiger partial charge in [0.25, 0.3) is 0 Å². The van der Waals surface area contributed by atoms with Gasteiger partial charge in [0.05, 0.1) is 6.04 Å². The molecule has 2 heterocycles. The molecule has 2 saturated heterocycles. The number of piperazine rings is 1. The van der Waals surface area contributed by atoms with Gasteiger partial charge >= 0.3 is 6.09 Å². The number of hydrogen-bond acceptors (Lipinski definition) is 3. The summed E-state index contributed by atoms with van der Waals surface area (Å²) >= 11 is 0. The van der Waals surface area contributed by atoms with Gasteiger partial charge in [0.1, 0.15) is 5.60 Å². The summed E-state index contributed by atoms with van der Waals surface area (Å²) in [5.41, 5.74) is 0.880. The van der Waals surface area contributed by atoms with E-state index < -0.39 is 5.60 Å². The van der Waals surface area contributed by atoms with Gasteiger partial charge in [-0.3, -0.25) is 4.90 Å². The molecule has 2 bridgehead atoms. The first-order valence-electron chi connectivity index (χ1n) is 7.21. The maximum atomic E-state index is 12.4. The zero-order valence-corrected chi connectivity index (χ0v) is 12.7. The molecule has 2 fully saturated rings. The lowest BCUT2D eigenvalue weighted by atomic mass is 9.98. The highest BCUT2D eigenvalue weighted by Gasteiger charge is 2.46. The molecule has 2 rings (SSSR count).